The molecule has 1 heterocycles. The number of benzene rings is 1. The normalized spacial score (nSPS) is 10.1. The van der Waals surface area contributed by atoms with Crippen LogP contribution in [0.25, 0.3) is 11.4 Å². The third-order valence-electron chi connectivity index (χ3n) is 2.06. The molecule has 0 aliphatic heterocycles. The van der Waals surface area contributed by atoms with Crippen LogP contribution in [-0.2, 0) is 0 Å². The van der Waals surface area contributed by atoms with Gasteiger partial charge in [0.25, 0.3) is 0 Å². The summed E-state index contributed by atoms with van der Waals surface area (Å²) in [5, 5.41) is 17.0. The summed E-state index contributed by atoms with van der Waals surface area (Å²) in [6.07, 6.45) is 1.36. The van der Waals surface area contributed by atoms with E-state index in [-0.39, 0.29) is 11.4 Å². The second kappa shape index (κ2) is 3.97. The molecule has 16 heavy (non-hydrogen) atoms. The molecule has 7 heteroatoms. The molecule has 0 fully saturated rings. The second-order valence-electron chi connectivity index (χ2n) is 2.98. The summed E-state index contributed by atoms with van der Waals surface area (Å²) in [4.78, 5) is 14.1. The van der Waals surface area contributed by atoms with Gasteiger partial charge in [-0.15, -0.1) is 0 Å². The van der Waals surface area contributed by atoms with Gasteiger partial charge in [0, 0.05) is 11.6 Å². The van der Waals surface area contributed by atoms with Gasteiger partial charge in [-0.25, -0.2) is 4.98 Å². The number of ether oxygens (including phenoxy) is 1. The summed E-state index contributed by atoms with van der Waals surface area (Å²) in [7, 11) is 1.38. The van der Waals surface area contributed by atoms with E-state index in [1.165, 1.54) is 19.5 Å². The van der Waals surface area contributed by atoms with E-state index in [1.807, 2.05) is 0 Å². The van der Waals surface area contributed by atoms with Crippen LogP contribution in [0, 0.1) is 10.1 Å². The zero-order valence-electron chi connectivity index (χ0n) is 8.38. The van der Waals surface area contributed by atoms with E-state index in [0.29, 0.717) is 11.4 Å². The zero-order valence-corrected chi connectivity index (χ0v) is 8.38. The minimum atomic E-state index is -0.497. The molecule has 0 saturated heterocycles. The van der Waals surface area contributed by atoms with Crippen molar-refractivity contribution in [3.63, 3.8) is 0 Å². The lowest BCUT2D eigenvalue weighted by atomic mass is 10.2. The highest BCUT2D eigenvalue weighted by atomic mass is 16.6. The maximum absolute atomic E-state index is 10.7. The lowest BCUT2D eigenvalue weighted by Crippen LogP contribution is -1.94. The van der Waals surface area contributed by atoms with Crippen molar-refractivity contribution < 1.29 is 9.66 Å². The summed E-state index contributed by atoms with van der Waals surface area (Å²) in [6.45, 7) is 0. The molecular weight excluding hydrogens is 212 g/mol. The molecule has 1 aromatic heterocycles. The highest BCUT2D eigenvalue weighted by Gasteiger charge is 2.15. The third-order valence-corrected chi connectivity index (χ3v) is 2.06. The number of aromatic amines is 1. The van der Waals surface area contributed by atoms with Gasteiger partial charge in [0.2, 0.25) is 0 Å². The Balaban J connectivity index is 2.49. The Bertz CT molecular complexity index is 509. The van der Waals surface area contributed by atoms with Gasteiger partial charge in [-0.3, -0.25) is 15.2 Å². The monoisotopic (exact) mass is 220 g/mol. The van der Waals surface area contributed by atoms with Crippen LogP contribution < -0.4 is 4.74 Å². The molecule has 0 spiro atoms. The number of nitro benzene ring substituents is 1. The first-order chi connectivity index (χ1) is 7.72. The molecule has 0 aliphatic carbocycles. The number of rotatable bonds is 3. The van der Waals surface area contributed by atoms with E-state index >= 15 is 0 Å². The van der Waals surface area contributed by atoms with E-state index in [9.17, 15) is 10.1 Å². The SMILES string of the molecule is COc1cc(-c2ncn[nH]2)ccc1[N+](=O)[O-]. The van der Waals surface area contributed by atoms with Gasteiger partial charge < -0.3 is 4.74 Å². The molecule has 1 N–H and O–H groups in total. The quantitative estimate of drug-likeness (QED) is 0.623. The molecule has 0 unspecified atom stereocenters. The predicted octanol–water partition coefficient (Wildman–Crippen LogP) is 1.39. The van der Waals surface area contributed by atoms with E-state index < -0.39 is 4.92 Å². The Morgan fingerprint density at radius 3 is 2.88 bits per heavy atom. The number of nitro groups is 1. The summed E-state index contributed by atoms with van der Waals surface area (Å²) in [5.74, 6) is 0.729. The number of nitrogens with zero attached hydrogens (tertiary/aromatic N) is 3. The molecule has 0 amide bonds. The van der Waals surface area contributed by atoms with E-state index in [1.54, 1.807) is 12.1 Å². The van der Waals surface area contributed by atoms with Crippen LogP contribution in [0.1, 0.15) is 0 Å². The van der Waals surface area contributed by atoms with Crippen molar-refractivity contribution in [1.82, 2.24) is 15.2 Å². The van der Waals surface area contributed by atoms with Gasteiger partial charge in [-0.2, -0.15) is 5.10 Å². The Labute approximate surface area is 90.2 Å². The number of aromatic nitrogens is 3. The van der Waals surface area contributed by atoms with Crippen molar-refractivity contribution in [1.29, 1.82) is 0 Å². The number of H-pyrrole nitrogens is 1. The summed E-state index contributed by atoms with van der Waals surface area (Å²) in [5.41, 5.74) is 0.603. The minimum absolute atomic E-state index is 0.0780. The fourth-order valence-electron chi connectivity index (χ4n) is 1.32. The maximum Gasteiger partial charge on any atom is 0.310 e. The molecule has 2 rings (SSSR count). The Morgan fingerprint density at radius 2 is 2.31 bits per heavy atom. The Morgan fingerprint density at radius 1 is 1.50 bits per heavy atom. The molecule has 0 radical (unpaired) electrons. The molecule has 82 valence electrons. The summed E-state index contributed by atoms with van der Waals surface area (Å²) in [6, 6.07) is 4.50. The maximum atomic E-state index is 10.7. The van der Waals surface area contributed by atoms with Crippen molar-refractivity contribution in [2.45, 2.75) is 0 Å². The van der Waals surface area contributed by atoms with Gasteiger partial charge in [0.05, 0.1) is 12.0 Å². The van der Waals surface area contributed by atoms with Gasteiger partial charge >= 0.3 is 5.69 Å². The van der Waals surface area contributed by atoms with Crippen LogP contribution in [0.2, 0.25) is 0 Å². The Kier molecular flexibility index (Phi) is 2.50. The summed E-state index contributed by atoms with van der Waals surface area (Å²) < 4.78 is 4.94. The first-order valence-corrected chi connectivity index (χ1v) is 4.40. The van der Waals surface area contributed by atoms with Crippen LogP contribution in [0.3, 0.4) is 0 Å². The van der Waals surface area contributed by atoms with Crippen molar-refractivity contribution in [3.05, 3.63) is 34.6 Å². The van der Waals surface area contributed by atoms with Gasteiger partial charge in [0.1, 0.15) is 6.33 Å². The zero-order chi connectivity index (χ0) is 11.5. The topological polar surface area (TPSA) is 93.9 Å². The van der Waals surface area contributed by atoms with E-state index in [2.05, 4.69) is 15.2 Å². The second-order valence-corrected chi connectivity index (χ2v) is 2.98. The first-order valence-electron chi connectivity index (χ1n) is 4.40. The van der Waals surface area contributed by atoms with Crippen LogP contribution in [0.4, 0.5) is 5.69 Å². The molecular formula is C9H8N4O3. The summed E-state index contributed by atoms with van der Waals surface area (Å²) >= 11 is 0. The average Bonchev–Trinajstić information content (AvgIpc) is 2.81. The van der Waals surface area contributed by atoms with E-state index in [4.69, 9.17) is 4.74 Å². The van der Waals surface area contributed by atoms with Crippen molar-refractivity contribution >= 4 is 5.69 Å². The Hall–Kier alpha value is -2.44. The molecule has 0 bridgehead atoms. The molecule has 0 atom stereocenters. The molecule has 2 aromatic rings. The standard InChI is InChI=1S/C9H8N4O3/c1-16-8-4-6(9-10-5-11-12-9)2-3-7(8)13(14)15/h2-5H,1H3,(H,10,11,12). The number of methoxy groups -OCH3 is 1. The van der Waals surface area contributed by atoms with Crippen molar-refractivity contribution in [2.24, 2.45) is 0 Å². The molecule has 0 aliphatic rings. The van der Waals surface area contributed by atoms with Gasteiger partial charge in [0.15, 0.2) is 11.6 Å². The lowest BCUT2D eigenvalue weighted by Gasteiger charge is -2.02. The number of hydrogen-bond acceptors (Lipinski definition) is 5. The highest BCUT2D eigenvalue weighted by molar-refractivity contribution is 5.62. The fourth-order valence-corrected chi connectivity index (χ4v) is 1.32. The fraction of sp³-hybridized carbons (Fsp3) is 0.111. The van der Waals surface area contributed by atoms with Crippen molar-refractivity contribution in [2.75, 3.05) is 7.11 Å². The predicted molar refractivity (Wildman–Crippen MR) is 55.0 cm³/mol. The number of nitrogens with one attached hydrogen (secondary N) is 1. The first kappa shape index (κ1) is 10.1. The van der Waals surface area contributed by atoms with Crippen LogP contribution in [-0.4, -0.2) is 27.2 Å². The van der Waals surface area contributed by atoms with Crippen LogP contribution >= 0.6 is 0 Å². The molecule has 7 nitrogen and oxygen atoms in total. The molecule has 1 aromatic carbocycles. The van der Waals surface area contributed by atoms with Crippen LogP contribution in [0.5, 0.6) is 5.75 Å². The van der Waals surface area contributed by atoms with Gasteiger partial charge in [-0.05, 0) is 12.1 Å². The van der Waals surface area contributed by atoms with Gasteiger partial charge in [-0.1, -0.05) is 0 Å². The lowest BCUT2D eigenvalue weighted by molar-refractivity contribution is -0.385. The van der Waals surface area contributed by atoms with Crippen LogP contribution in [0.15, 0.2) is 24.5 Å². The minimum Gasteiger partial charge on any atom is -0.490 e. The number of hydrogen-bond donors (Lipinski definition) is 1. The molecule has 0 saturated carbocycles. The largest absolute Gasteiger partial charge is 0.490 e. The average molecular weight is 220 g/mol. The van der Waals surface area contributed by atoms with Crippen molar-refractivity contribution in [3.8, 4) is 17.1 Å². The highest BCUT2D eigenvalue weighted by Crippen LogP contribution is 2.30. The third kappa shape index (κ3) is 1.70. The smallest absolute Gasteiger partial charge is 0.310 e. The van der Waals surface area contributed by atoms with E-state index in [0.717, 1.165) is 0 Å².